The van der Waals surface area contributed by atoms with Gasteiger partial charge in [-0.3, -0.25) is 8.42 Å². The highest BCUT2D eigenvalue weighted by atomic mass is 32.2. The van der Waals surface area contributed by atoms with Crippen LogP contribution in [0.15, 0.2) is 58.3 Å². The molecule has 0 radical (unpaired) electrons. The summed E-state index contributed by atoms with van der Waals surface area (Å²) in [4.78, 5) is 6.04. The van der Waals surface area contributed by atoms with E-state index in [9.17, 15) is 13.5 Å². The van der Waals surface area contributed by atoms with Crippen LogP contribution in [0.1, 0.15) is 6.92 Å². The van der Waals surface area contributed by atoms with Gasteiger partial charge in [0.05, 0.1) is 6.10 Å². The monoisotopic (exact) mass is 430 g/mol. The van der Waals surface area contributed by atoms with E-state index in [1.807, 2.05) is 24.3 Å². The number of hydrogen-bond acceptors (Lipinski definition) is 7. The molecule has 3 rings (SSSR count). The maximum Gasteiger partial charge on any atom is 0.243 e. The zero-order valence-electron chi connectivity index (χ0n) is 16.3. The van der Waals surface area contributed by atoms with E-state index in [0.717, 1.165) is 20.9 Å². The number of nitrogens with zero attached hydrogens (tertiary/aromatic N) is 3. The first-order valence-corrected chi connectivity index (χ1v) is 12.0. The molecular formula is C20H22N4O3S2. The van der Waals surface area contributed by atoms with Crippen molar-refractivity contribution in [2.75, 3.05) is 24.4 Å². The van der Waals surface area contributed by atoms with Gasteiger partial charge in [0.2, 0.25) is 5.95 Å². The largest absolute Gasteiger partial charge is 0.392 e. The number of nitrogens with one attached hydrogen (secondary N) is 1. The first kappa shape index (κ1) is 21.2. The maximum absolute atomic E-state index is 11.7. The van der Waals surface area contributed by atoms with E-state index in [1.165, 1.54) is 0 Å². The minimum atomic E-state index is -1.07. The standard InChI is InChI=1S/C20H22N4O3S2/c1-13(25)12-21-20-22-18(14-4-8-16(9-5-14)28(2)26)19(23-24-20)15-6-10-17(11-7-15)29(3)27/h4-11,13,25H,12H2,1-3H3,(H,21,22,24)/t13-,28?,29?/m0/s1. The van der Waals surface area contributed by atoms with Gasteiger partial charge in [-0.25, -0.2) is 4.98 Å². The van der Waals surface area contributed by atoms with Gasteiger partial charge in [0.15, 0.2) is 0 Å². The lowest BCUT2D eigenvalue weighted by atomic mass is 10.0. The van der Waals surface area contributed by atoms with Crippen molar-refractivity contribution in [1.82, 2.24) is 15.2 Å². The van der Waals surface area contributed by atoms with Gasteiger partial charge in [-0.05, 0) is 31.2 Å². The van der Waals surface area contributed by atoms with Crippen LogP contribution in [0.2, 0.25) is 0 Å². The molecule has 1 aromatic heterocycles. The molecular weight excluding hydrogens is 408 g/mol. The molecule has 0 aliphatic carbocycles. The number of aliphatic hydroxyl groups is 1. The molecule has 7 nitrogen and oxygen atoms in total. The van der Waals surface area contributed by atoms with Gasteiger partial charge in [-0.15, -0.1) is 10.2 Å². The molecule has 0 bridgehead atoms. The van der Waals surface area contributed by atoms with Crippen molar-refractivity contribution in [3.8, 4) is 22.5 Å². The van der Waals surface area contributed by atoms with Gasteiger partial charge in [-0.2, -0.15) is 0 Å². The normalized spacial score (nSPS) is 14.2. The number of aromatic nitrogens is 3. The van der Waals surface area contributed by atoms with E-state index in [2.05, 4.69) is 20.5 Å². The molecule has 1 heterocycles. The van der Waals surface area contributed by atoms with E-state index >= 15 is 0 Å². The molecule has 2 N–H and O–H groups in total. The Balaban J connectivity index is 2.06. The molecule has 0 saturated heterocycles. The van der Waals surface area contributed by atoms with E-state index in [1.54, 1.807) is 43.7 Å². The van der Waals surface area contributed by atoms with Gasteiger partial charge < -0.3 is 10.4 Å². The number of benzene rings is 2. The lowest BCUT2D eigenvalue weighted by Gasteiger charge is -2.12. The van der Waals surface area contributed by atoms with Crippen molar-refractivity contribution in [2.45, 2.75) is 22.8 Å². The van der Waals surface area contributed by atoms with Crippen LogP contribution in [-0.2, 0) is 21.6 Å². The van der Waals surface area contributed by atoms with Crippen molar-refractivity contribution in [3.63, 3.8) is 0 Å². The second kappa shape index (κ2) is 9.34. The third-order valence-corrected chi connectivity index (χ3v) is 6.03. The summed E-state index contributed by atoms with van der Waals surface area (Å²) in [6.45, 7) is 1.96. The molecule has 0 fully saturated rings. The topological polar surface area (TPSA) is 105 Å². The zero-order valence-corrected chi connectivity index (χ0v) is 18.0. The predicted molar refractivity (Wildman–Crippen MR) is 116 cm³/mol. The molecule has 3 aromatic rings. The zero-order chi connectivity index (χ0) is 21.0. The number of aliphatic hydroxyl groups excluding tert-OH is 1. The van der Waals surface area contributed by atoms with Crippen molar-refractivity contribution < 1.29 is 13.5 Å². The van der Waals surface area contributed by atoms with E-state index in [4.69, 9.17) is 0 Å². The highest BCUT2D eigenvalue weighted by molar-refractivity contribution is 7.84. The third-order valence-electron chi connectivity index (χ3n) is 4.16. The van der Waals surface area contributed by atoms with Crippen LogP contribution in [0.3, 0.4) is 0 Å². The molecule has 9 heteroatoms. The summed E-state index contributed by atoms with van der Waals surface area (Å²) in [6, 6.07) is 14.5. The van der Waals surface area contributed by atoms with Gasteiger partial charge in [0.25, 0.3) is 0 Å². The number of rotatable bonds is 7. The second-order valence-corrected chi connectivity index (χ2v) is 9.28. The van der Waals surface area contributed by atoms with Crippen LogP contribution in [-0.4, -0.2) is 53.9 Å². The molecule has 29 heavy (non-hydrogen) atoms. The van der Waals surface area contributed by atoms with Crippen LogP contribution in [0.5, 0.6) is 0 Å². The summed E-state index contributed by atoms with van der Waals surface area (Å²) in [5, 5.41) is 20.9. The average molecular weight is 431 g/mol. The SMILES string of the molecule is C[C@H](O)CNc1nnc(-c2ccc(S(C)=O)cc2)c(-c2ccc(S(C)=O)cc2)n1. The fraction of sp³-hybridized carbons (Fsp3) is 0.250. The van der Waals surface area contributed by atoms with Gasteiger partial charge >= 0.3 is 0 Å². The third kappa shape index (κ3) is 5.31. The van der Waals surface area contributed by atoms with Gasteiger partial charge in [0.1, 0.15) is 11.4 Å². The summed E-state index contributed by atoms with van der Waals surface area (Å²) in [5.74, 6) is 0.305. The first-order chi connectivity index (χ1) is 13.8. The molecule has 2 unspecified atom stereocenters. The van der Waals surface area contributed by atoms with Crippen LogP contribution >= 0.6 is 0 Å². The van der Waals surface area contributed by atoms with Crippen LogP contribution in [0, 0.1) is 0 Å². The molecule has 0 saturated carbocycles. The summed E-state index contributed by atoms with van der Waals surface area (Å²) in [7, 11) is -2.14. The Hall–Kier alpha value is -2.49. The fourth-order valence-electron chi connectivity index (χ4n) is 2.64. The van der Waals surface area contributed by atoms with Gasteiger partial charge in [0, 0.05) is 61.6 Å². The Kier molecular flexibility index (Phi) is 6.83. The van der Waals surface area contributed by atoms with Crippen molar-refractivity contribution in [2.24, 2.45) is 0 Å². The molecule has 0 aliphatic heterocycles. The van der Waals surface area contributed by atoms with Crippen molar-refractivity contribution in [3.05, 3.63) is 48.5 Å². The summed E-state index contributed by atoms with van der Waals surface area (Å²) in [6.07, 6.45) is 2.70. The minimum absolute atomic E-state index is 0.297. The molecule has 3 atom stereocenters. The quantitative estimate of drug-likeness (QED) is 0.593. The van der Waals surface area contributed by atoms with Crippen LogP contribution < -0.4 is 5.32 Å². The smallest absolute Gasteiger partial charge is 0.243 e. The number of hydrogen-bond donors (Lipinski definition) is 2. The summed E-state index contributed by atoms with van der Waals surface area (Å²) < 4.78 is 23.3. The average Bonchev–Trinajstić information content (AvgIpc) is 2.72. The van der Waals surface area contributed by atoms with E-state index < -0.39 is 27.7 Å². The Bertz CT molecular complexity index is 1040. The Morgan fingerprint density at radius 3 is 1.79 bits per heavy atom. The lowest BCUT2D eigenvalue weighted by molar-refractivity contribution is 0.208. The summed E-state index contributed by atoms with van der Waals surface area (Å²) >= 11 is 0. The van der Waals surface area contributed by atoms with Crippen molar-refractivity contribution >= 4 is 27.5 Å². The minimum Gasteiger partial charge on any atom is -0.392 e. The predicted octanol–water partition coefficient (Wildman–Crippen LogP) is 2.47. The first-order valence-electron chi connectivity index (χ1n) is 8.89. The van der Waals surface area contributed by atoms with E-state index in [-0.39, 0.29) is 0 Å². The Morgan fingerprint density at radius 2 is 1.34 bits per heavy atom. The number of anilines is 1. The Labute approximate surface area is 174 Å². The lowest BCUT2D eigenvalue weighted by Crippen LogP contribution is -2.17. The Morgan fingerprint density at radius 1 is 0.862 bits per heavy atom. The van der Waals surface area contributed by atoms with Gasteiger partial charge in [-0.1, -0.05) is 24.3 Å². The molecule has 0 amide bonds. The van der Waals surface area contributed by atoms with Crippen molar-refractivity contribution in [1.29, 1.82) is 0 Å². The van der Waals surface area contributed by atoms with E-state index in [0.29, 0.717) is 23.9 Å². The molecule has 2 aromatic carbocycles. The summed E-state index contributed by atoms with van der Waals surface area (Å²) in [5.41, 5.74) is 2.77. The molecule has 152 valence electrons. The second-order valence-electron chi connectivity index (χ2n) is 6.52. The maximum atomic E-state index is 11.7. The highest BCUT2D eigenvalue weighted by Gasteiger charge is 2.15. The molecule has 0 aliphatic rings. The highest BCUT2D eigenvalue weighted by Crippen LogP contribution is 2.30. The van der Waals surface area contributed by atoms with Crippen LogP contribution in [0.4, 0.5) is 5.95 Å². The fourth-order valence-corrected chi connectivity index (χ4v) is 3.68. The van der Waals surface area contributed by atoms with Crippen LogP contribution in [0.25, 0.3) is 22.5 Å². The molecule has 0 spiro atoms.